The van der Waals surface area contributed by atoms with Gasteiger partial charge in [-0.2, -0.15) is 4.31 Å². The minimum atomic E-state index is -3.38. The highest BCUT2D eigenvalue weighted by Gasteiger charge is 2.26. The van der Waals surface area contributed by atoms with Crippen molar-refractivity contribution in [3.8, 4) is 0 Å². The normalized spacial score (nSPS) is 15.6. The van der Waals surface area contributed by atoms with E-state index in [4.69, 9.17) is 0 Å². The number of sulfonamides is 1. The molecule has 6 nitrogen and oxygen atoms in total. The van der Waals surface area contributed by atoms with Crippen LogP contribution in [0.4, 0.5) is 10.1 Å². The fourth-order valence-electron chi connectivity index (χ4n) is 3.69. The summed E-state index contributed by atoms with van der Waals surface area (Å²) in [7, 11) is -3.38. The molecule has 0 bridgehead atoms. The Morgan fingerprint density at radius 2 is 1.56 bits per heavy atom. The average molecular weight is 462 g/mol. The Morgan fingerprint density at radius 1 is 0.969 bits per heavy atom. The van der Waals surface area contributed by atoms with E-state index < -0.39 is 10.0 Å². The van der Waals surface area contributed by atoms with Crippen LogP contribution in [0, 0.1) is 5.82 Å². The number of anilines is 1. The van der Waals surface area contributed by atoms with E-state index in [2.05, 4.69) is 31.0 Å². The van der Waals surface area contributed by atoms with Crippen molar-refractivity contribution in [3.05, 3.63) is 65.5 Å². The quantitative estimate of drug-likeness (QED) is 0.642. The number of nitrogens with one attached hydrogen (secondary N) is 1. The third-order valence-electron chi connectivity index (χ3n) is 5.70. The summed E-state index contributed by atoms with van der Waals surface area (Å²) in [5.41, 5.74) is 2.63. The summed E-state index contributed by atoms with van der Waals surface area (Å²) in [4.78, 5) is 14.4. The van der Waals surface area contributed by atoms with Crippen molar-refractivity contribution in [2.45, 2.75) is 32.6 Å². The molecule has 1 saturated heterocycles. The van der Waals surface area contributed by atoms with Gasteiger partial charge in [-0.15, -0.1) is 0 Å². The lowest BCUT2D eigenvalue weighted by Gasteiger charge is -2.35. The van der Waals surface area contributed by atoms with Crippen LogP contribution in [0.2, 0.25) is 0 Å². The summed E-state index contributed by atoms with van der Waals surface area (Å²) in [5.74, 6) is -0.493. The molecule has 32 heavy (non-hydrogen) atoms. The molecule has 0 aromatic heterocycles. The third kappa shape index (κ3) is 6.29. The second-order valence-corrected chi connectivity index (χ2v) is 11.2. The SMILES string of the molecule is CC(C)(C)c1ccc(C(=O)NCCCS(=O)(=O)N2CCN(c3ccc(F)cc3)CC2)cc1. The van der Waals surface area contributed by atoms with E-state index in [0.29, 0.717) is 44.7 Å². The van der Waals surface area contributed by atoms with Crippen LogP contribution in [-0.4, -0.2) is 57.1 Å². The lowest BCUT2D eigenvalue weighted by molar-refractivity contribution is 0.0953. The van der Waals surface area contributed by atoms with Crippen molar-refractivity contribution >= 4 is 21.6 Å². The molecule has 1 N–H and O–H groups in total. The molecule has 3 rings (SSSR count). The smallest absolute Gasteiger partial charge is 0.251 e. The van der Waals surface area contributed by atoms with Crippen LogP contribution in [-0.2, 0) is 15.4 Å². The summed E-state index contributed by atoms with van der Waals surface area (Å²) in [6.45, 7) is 8.56. The van der Waals surface area contributed by atoms with Crippen LogP contribution in [0.1, 0.15) is 43.1 Å². The van der Waals surface area contributed by atoms with Gasteiger partial charge in [-0.05, 0) is 53.8 Å². The largest absolute Gasteiger partial charge is 0.369 e. The Labute approximate surface area is 190 Å². The van der Waals surface area contributed by atoms with E-state index in [9.17, 15) is 17.6 Å². The molecule has 2 aromatic rings. The molecule has 0 saturated carbocycles. The molecule has 1 amide bonds. The average Bonchev–Trinajstić information content (AvgIpc) is 2.77. The highest BCUT2D eigenvalue weighted by Crippen LogP contribution is 2.22. The molecular weight excluding hydrogens is 429 g/mol. The summed E-state index contributed by atoms with van der Waals surface area (Å²) in [6, 6.07) is 13.7. The number of benzene rings is 2. The van der Waals surface area contributed by atoms with Gasteiger partial charge in [-0.3, -0.25) is 4.79 Å². The molecule has 1 aliphatic heterocycles. The van der Waals surface area contributed by atoms with Crippen molar-refractivity contribution in [2.24, 2.45) is 0 Å². The molecule has 174 valence electrons. The number of nitrogens with zero attached hydrogens (tertiary/aromatic N) is 2. The van der Waals surface area contributed by atoms with Gasteiger partial charge in [0.25, 0.3) is 5.91 Å². The zero-order valence-electron chi connectivity index (χ0n) is 19.0. The van der Waals surface area contributed by atoms with Crippen LogP contribution in [0.3, 0.4) is 0 Å². The third-order valence-corrected chi connectivity index (χ3v) is 7.66. The van der Waals surface area contributed by atoms with Gasteiger partial charge >= 0.3 is 0 Å². The molecule has 1 aliphatic rings. The van der Waals surface area contributed by atoms with Gasteiger partial charge in [0.05, 0.1) is 5.75 Å². The summed E-state index contributed by atoms with van der Waals surface area (Å²) in [6.07, 6.45) is 0.353. The van der Waals surface area contributed by atoms with Crippen molar-refractivity contribution in [2.75, 3.05) is 43.4 Å². The molecular formula is C24H32FN3O3S. The van der Waals surface area contributed by atoms with Gasteiger partial charge in [-0.1, -0.05) is 32.9 Å². The summed E-state index contributed by atoms with van der Waals surface area (Å²) in [5, 5.41) is 2.81. The van der Waals surface area contributed by atoms with Gasteiger partial charge in [0.15, 0.2) is 0 Å². The first-order valence-electron chi connectivity index (χ1n) is 10.9. The fraction of sp³-hybridized carbons (Fsp3) is 0.458. The number of hydrogen-bond acceptors (Lipinski definition) is 4. The fourth-order valence-corrected chi connectivity index (χ4v) is 5.17. The molecule has 8 heteroatoms. The van der Waals surface area contributed by atoms with Gasteiger partial charge in [0.2, 0.25) is 10.0 Å². The summed E-state index contributed by atoms with van der Waals surface area (Å²) < 4.78 is 39.9. The molecule has 0 radical (unpaired) electrons. The van der Waals surface area contributed by atoms with E-state index in [-0.39, 0.29) is 22.9 Å². The number of rotatable bonds is 7. The second-order valence-electron chi connectivity index (χ2n) is 9.12. The highest BCUT2D eigenvalue weighted by atomic mass is 32.2. The zero-order valence-corrected chi connectivity index (χ0v) is 19.8. The topological polar surface area (TPSA) is 69.7 Å². The lowest BCUT2D eigenvalue weighted by atomic mass is 9.87. The second kappa shape index (κ2) is 10.0. The van der Waals surface area contributed by atoms with Gasteiger partial charge in [0, 0.05) is 44.0 Å². The number of carbonyl (C=O) groups excluding carboxylic acids is 1. The van der Waals surface area contributed by atoms with Gasteiger partial charge in [0.1, 0.15) is 5.82 Å². The lowest BCUT2D eigenvalue weighted by Crippen LogP contribution is -2.49. The molecule has 0 aliphatic carbocycles. The van der Waals surface area contributed by atoms with Gasteiger partial charge in [-0.25, -0.2) is 12.8 Å². The Kier molecular flexibility index (Phi) is 7.56. The Hall–Kier alpha value is -2.45. The molecule has 0 spiro atoms. The van der Waals surface area contributed by atoms with Crippen LogP contribution < -0.4 is 10.2 Å². The first-order chi connectivity index (χ1) is 15.1. The van der Waals surface area contributed by atoms with Crippen molar-refractivity contribution < 1.29 is 17.6 Å². The molecule has 1 fully saturated rings. The predicted octanol–water partition coefficient (Wildman–Crippen LogP) is 3.40. The molecule has 1 heterocycles. The van der Waals surface area contributed by atoms with Crippen LogP contribution in [0.5, 0.6) is 0 Å². The molecule has 2 aromatic carbocycles. The number of halogens is 1. The van der Waals surface area contributed by atoms with Crippen molar-refractivity contribution in [1.82, 2.24) is 9.62 Å². The molecule has 0 atom stereocenters. The number of carbonyl (C=O) groups is 1. The van der Waals surface area contributed by atoms with Gasteiger partial charge < -0.3 is 10.2 Å². The Morgan fingerprint density at radius 3 is 2.12 bits per heavy atom. The zero-order chi connectivity index (χ0) is 23.4. The maximum Gasteiger partial charge on any atom is 0.251 e. The monoisotopic (exact) mass is 461 g/mol. The van der Waals surface area contributed by atoms with E-state index in [1.165, 1.54) is 16.4 Å². The number of piperazine rings is 1. The van der Waals surface area contributed by atoms with E-state index in [1.54, 1.807) is 24.3 Å². The number of amides is 1. The first-order valence-corrected chi connectivity index (χ1v) is 12.5. The van der Waals surface area contributed by atoms with E-state index in [0.717, 1.165) is 11.3 Å². The Balaban J connectivity index is 1.42. The maximum atomic E-state index is 13.1. The summed E-state index contributed by atoms with van der Waals surface area (Å²) >= 11 is 0. The minimum Gasteiger partial charge on any atom is -0.369 e. The maximum absolute atomic E-state index is 13.1. The van der Waals surface area contributed by atoms with Crippen LogP contribution in [0.15, 0.2) is 48.5 Å². The van der Waals surface area contributed by atoms with Crippen LogP contribution >= 0.6 is 0 Å². The standard InChI is InChI=1S/C24H32FN3O3S/c1-24(2,3)20-7-5-19(6-8-20)23(29)26-13-4-18-32(30,31)28-16-14-27(15-17-28)22-11-9-21(25)10-12-22/h5-12H,4,13-18H2,1-3H3,(H,26,29). The Bertz CT molecular complexity index is 1010. The predicted molar refractivity (Wildman–Crippen MR) is 126 cm³/mol. The minimum absolute atomic E-state index is 0.00715. The first kappa shape index (κ1) is 24.2. The van der Waals surface area contributed by atoms with Crippen molar-refractivity contribution in [3.63, 3.8) is 0 Å². The van der Waals surface area contributed by atoms with E-state index in [1.807, 2.05) is 12.1 Å². The number of hydrogen-bond donors (Lipinski definition) is 1. The van der Waals surface area contributed by atoms with Crippen molar-refractivity contribution in [1.29, 1.82) is 0 Å². The van der Waals surface area contributed by atoms with Crippen LogP contribution in [0.25, 0.3) is 0 Å². The van der Waals surface area contributed by atoms with E-state index >= 15 is 0 Å². The molecule has 0 unspecified atom stereocenters. The highest BCUT2D eigenvalue weighted by molar-refractivity contribution is 7.89.